The quantitative estimate of drug-likeness (QED) is 0.873. The molecule has 1 aliphatic rings. The van der Waals surface area contributed by atoms with Gasteiger partial charge in [0.15, 0.2) is 0 Å². The van der Waals surface area contributed by atoms with Gasteiger partial charge in [0.05, 0.1) is 6.54 Å². The van der Waals surface area contributed by atoms with Gasteiger partial charge in [-0.2, -0.15) is 0 Å². The van der Waals surface area contributed by atoms with Gasteiger partial charge in [-0.1, -0.05) is 20.3 Å². The number of hydrogen-bond acceptors (Lipinski definition) is 3. The second-order valence-corrected chi connectivity index (χ2v) is 5.08. The van der Waals surface area contributed by atoms with E-state index in [0.29, 0.717) is 12.0 Å². The minimum Gasteiger partial charge on any atom is -0.465 e. The Morgan fingerprint density at radius 2 is 2.12 bits per heavy atom. The maximum atomic E-state index is 6.12. The lowest BCUT2D eigenvalue weighted by molar-refractivity contribution is 0.136. The van der Waals surface area contributed by atoms with Crippen LogP contribution in [0.4, 0.5) is 0 Å². The van der Waals surface area contributed by atoms with Crippen LogP contribution >= 0.6 is 0 Å². The van der Waals surface area contributed by atoms with Crippen molar-refractivity contribution in [1.29, 1.82) is 0 Å². The summed E-state index contributed by atoms with van der Waals surface area (Å²) in [5.74, 6) is 2.82. The zero-order chi connectivity index (χ0) is 12.3. The molecule has 2 atom stereocenters. The molecule has 96 valence electrons. The first kappa shape index (κ1) is 12.7. The predicted octanol–water partition coefficient (Wildman–Crippen LogP) is 2.40. The highest BCUT2D eigenvalue weighted by Gasteiger charge is 2.25. The molecule has 0 aliphatic carbocycles. The fourth-order valence-electron chi connectivity index (χ4n) is 2.62. The lowest BCUT2D eigenvalue weighted by Gasteiger charge is -2.36. The Kier molecular flexibility index (Phi) is 4.24. The molecular weight excluding hydrogens is 212 g/mol. The molecule has 0 aromatic carbocycles. The van der Waals surface area contributed by atoms with E-state index in [2.05, 4.69) is 30.9 Å². The van der Waals surface area contributed by atoms with E-state index in [9.17, 15) is 0 Å². The van der Waals surface area contributed by atoms with Crippen LogP contribution in [0.1, 0.15) is 38.2 Å². The Hall–Kier alpha value is -0.800. The Bertz CT molecular complexity index is 348. The summed E-state index contributed by atoms with van der Waals surface area (Å²) in [5.41, 5.74) is 6.12. The third kappa shape index (κ3) is 3.11. The lowest BCUT2D eigenvalue weighted by Crippen LogP contribution is -2.46. The van der Waals surface area contributed by atoms with Crippen molar-refractivity contribution in [2.24, 2.45) is 11.7 Å². The standard InChI is InChI=1S/C14H24N2O/c1-3-11-9-16(8-7-14(11)15)10-13-6-5-12(4-2)17-13/h5-6,11,14H,3-4,7-10,15H2,1-2H3. The van der Waals surface area contributed by atoms with Gasteiger partial charge in [0, 0.05) is 25.6 Å². The van der Waals surface area contributed by atoms with Crippen LogP contribution in [0.25, 0.3) is 0 Å². The molecule has 1 aromatic rings. The zero-order valence-corrected chi connectivity index (χ0v) is 11.0. The van der Waals surface area contributed by atoms with E-state index in [1.54, 1.807) is 0 Å². The van der Waals surface area contributed by atoms with Gasteiger partial charge < -0.3 is 10.2 Å². The van der Waals surface area contributed by atoms with Crippen molar-refractivity contribution >= 4 is 0 Å². The van der Waals surface area contributed by atoms with Gasteiger partial charge in [0.1, 0.15) is 11.5 Å². The van der Waals surface area contributed by atoms with Gasteiger partial charge in [-0.3, -0.25) is 4.90 Å². The van der Waals surface area contributed by atoms with Gasteiger partial charge in [-0.15, -0.1) is 0 Å². The molecule has 0 bridgehead atoms. The first-order valence-corrected chi connectivity index (χ1v) is 6.78. The molecular formula is C14H24N2O. The Morgan fingerprint density at radius 1 is 1.35 bits per heavy atom. The fourth-order valence-corrected chi connectivity index (χ4v) is 2.62. The normalized spacial score (nSPS) is 26.3. The number of hydrogen-bond donors (Lipinski definition) is 1. The molecule has 2 heterocycles. The summed E-state index contributed by atoms with van der Waals surface area (Å²) in [5, 5.41) is 0. The molecule has 2 rings (SSSR count). The topological polar surface area (TPSA) is 42.4 Å². The molecule has 0 spiro atoms. The average Bonchev–Trinajstić information content (AvgIpc) is 2.79. The number of aryl methyl sites for hydroxylation is 1. The smallest absolute Gasteiger partial charge is 0.118 e. The van der Waals surface area contributed by atoms with Gasteiger partial charge in [0.2, 0.25) is 0 Å². The highest BCUT2D eigenvalue weighted by molar-refractivity contribution is 5.07. The summed E-state index contributed by atoms with van der Waals surface area (Å²) in [6.45, 7) is 7.49. The van der Waals surface area contributed by atoms with Crippen molar-refractivity contribution < 1.29 is 4.42 Å². The molecule has 0 amide bonds. The molecule has 1 saturated heterocycles. The minimum absolute atomic E-state index is 0.388. The van der Waals surface area contributed by atoms with Gasteiger partial charge in [-0.25, -0.2) is 0 Å². The van der Waals surface area contributed by atoms with Gasteiger partial charge >= 0.3 is 0 Å². The van der Waals surface area contributed by atoms with Gasteiger partial charge in [0.25, 0.3) is 0 Å². The summed E-state index contributed by atoms with van der Waals surface area (Å²) in [4.78, 5) is 2.47. The number of nitrogens with zero attached hydrogens (tertiary/aromatic N) is 1. The first-order valence-electron chi connectivity index (χ1n) is 6.78. The second kappa shape index (κ2) is 5.69. The van der Waals surface area contributed by atoms with Crippen LogP contribution in [0.3, 0.4) is 0 Å². The van der Waals surface area contributed by atoms with E-state index in [4.69, 9.17) is 10.2 Å². The number of likely N-dealkylation sites (tertiary alicyclic amines) is 1. The highest BCUT2D eigenvalue weighted by Crippen LogP contribution is 2.21. The van der Waals surface area contributed by atoms with Crippen molar-refractivity contribution in [3.63, 3.8) is 0 Å². The van der Waals surface area contributed by atoms with Crippen LogP contribution in [0.15, 0.2) is 16.5 Å². The van der Waals surface area contributed by atoms with Crippen LogP contribution in [-0.2, 0) is 13.0 Å². The van der Waals surface area contributed by atoms with E-state index in [1.165, 1.54) is 6.42 Å². The third-order valence-electron chi connectivity index (χ3n) is 3.85. The summed E-state index contributed by atoms with van der Waals surface area (Å²) in [7, 11) is 0. The second-order valence-electron chi connectivity index (χ2n) is 5.08. The minimum atomic E-state index is 0.388. The maximum Gasteiger partial charge on any atom is 0.118 e. The van der Waals surface area contributed by atoms with Crippen LogP contribution < -0.4 is 5.73 Å². The molecule has 17 heavy (non-hydrogen) atoms. The molecule has 0 saturated carbocycles. The van der Waals surface area contributed by atoms with Crippen LogP contribution in [0, 0.1) is 5.92 Å². The van der Waals surface area contributed by atoms with Crippen molar-refractivity contribution in [2.45, 2.75) is 45.7 Å². The molecule has 2 N–H and O–H groups in total. The average molecular weight is 236 g/mol. The first-order chi connectivity index (χ1) is 8.22. The zero-order valence-electron chi connectivity index (χ0n) is 11.0. The van der Waals surface area contributed by atoms with Crippen molar-refractivity contribution in [1.82, 2.24) is 4.90 Å². The predicted molar refractivity (Wildman–Crippen MR) is 69.7 cm³/mol. The van der Waals surface area contributed by atoms with E-state index >= 15 is 0 Å². The number of rotatable bonds is 4. The Morgan fingerprint density at radius 3 is 2.76 bits per heavy atom. The summed E-state index contributed by atoms with van der Waals surface area (Å²) < 4.78 is 5.76. The molecule has 2 unspecified atom stereocenters. The molecule has 1 fully saturated rings. The van der Waals surface area contributed by atoms with Crippen molar-refractivity contribution in [3.8, 4) is 0 Å². The number of nitrogens with two attached hydrogens (primary N) is 1. The Labute approximate surface area is 104 Å². The third-order valence-corrected chi connectivity index (χ3v) is 3.85. The van der Waals surface area contributed by atoms with Crippen LogP contribution in [-0.4, -0.2) is 24.0 Å². The molecule has 1 aliphatic heterocycles. The molecule has 1 aromatic heterocycles. The van der Waals surface area contributed by atoms with E-state index < -0.39 is 0 Å². The van der Waals surface area contributed by atoms with Crippen LogP contribution in [0.2, 0.25) is 0 Å². The Balaban J connectivity index is 1.90. The number of furan rings is 1. The number of piperidine rings is 1. The van der Waals surface area contributed by atoms with E-state index in [1.807, 2.05) is 0 Å². The highest BCUT2D eigenvalue weighted by atomic mass is 16.3. The van der Waals surface area contributed by atoms with Crippen molar-refractivity contribution in [3.05, 3.63) is 23.7 Å². The molecule has 3 heteroatoms. The maximum absolute atomic E-state index is 6.12. The molecule has 0 radical (unpaired) electrons. The van der Waals surface area contributed by atoms with Gasteiger partial charge in [-0.05, 0) is 24.5 Å². The lowest BCUT2D eigenvalue weighted by atomic mass is 9.91. The fraction of sp³-hybridized carbons (Fsp3) is 0.714. The monoisotopic (exact) mass is 236 g/mol. The van der Waals surface area contributed by atoms with E-state index in [0.717, 1.165) is 44.0 Å². The SMILES string of the molecule is CCc1ccc(CN2CCC(N)C(CC)C2)o1. The largest absolute Gasteiger partial charge is 0.465 e. The van der Waals surface area contributed by atoms with Crippen molar-refractivity contribution in [2.75, 3.05) is 13.1 Å². The summed E-state index contributed by atoms with van der Waals surface area (Å²) >= 11 is 0. The van der Waals surface area contributed by atoms with E-state index in [-0.39, 0.29) is 0 Å². The van der Waals surface area contributed by atoms with Crippen LogP contribution in [0.5, 0.6) is 0 Å². The summed E-state index contributed by atoms with van der Waals surface area (Å²) in [6, 6.07) is 4.58. The molecule has 3 nitrogen and oxygen atoms in total. The summed E-state index contributed by atoms with van der Waals surface area (Å²) in [6.07, 6.45) is 3.26.